The molecule has 0 unspecified atom stereocenters. The molecule has 0 atom stereocenters. The third kappa shape index (κ3) is 19.1. The number of benzene rings is 2. The first-order chi connectivity index (χ1) is 26.4. The molecule has 1 saturated carbocycles. The van der Waals surface area contributed by atoms with Crippen LogP contribution in [-0.2, 0) is 28.6 Å². The standard InChI is InChI=1S/C44H60O10/c1-3-41(45)51-33-17-13-9-5-7-11-15-31-49-37-23-19-35(20-24-37)43(47)53-39-25-21-36(22-26-39)44(48)54-40-29-27-38(28-30-40)50-32-16-12-8-6-10-14-18-34-52-42(46)4-2/h3-4,21-22,25-30,35,37H,1-2,5-20,23-24,31-34H2. The quantitative estimate of drug-likeness (QED) is 0.0360. The fourth-order valence-electron chi connectivity index (χ4n) is 6.17. The van der Waals surface area contributed by atoms with Crippen molar-refractivity contribution in [2.75, 3.05) is 26.4 Å². The number of unbranched alkanes of at least 4 members (excludes halogenated alkanes) is 12. The van der Waals surface area contributed by atoms with E-state index in [4.69, 9.17) is 28.4 Å². The van der Waals surface area contributed by atoms with E-state index in [-0.39, 0.29) is 29.9 Å². The predicted octanol–water partition coefficient (Wildman–Crippen LogP) is 9.69. The largest absolute Gasteiger partial charge is 0.494 e. The molecule has 0 bridgehead atoms. The third-order valence-corrected chi connectivity index (χ3v) is 9.37. The zero-order chi connectivity index (χ0) is 38.6. The van der Waals surface area contributed by atoms with Gasteiger partial charge in [0, 0.05) is 18.8 Å². The van der Waals surface area contributed by atoms with Gasteiger partial charge in [0.15, 0.2) is 0 Å². The molecule has 0 aromatic heterocycles. The minimum atomic E-state index is -0.502. The van der Waals surface area contributed by atoms with Crippen molar-refractivity contribution >= 4 is 23.9 Å². The van der Waals surface area contributed by atoms with Gasteiger partial charge in [-0.05, 0) is 99.9 Å². The van der Waals surface area contributed by atoms with E-state index >= 15 is 0 Å². The Kier molecular flexibility index (Phi) is 22.1. The average molecular weight is 749 g/mol. The van der Waals surface area contributed by atoms with Crippen LogP contribution >= 0.6 is 0 Å². The van der Waals surface area contributed by atoms with E-state index < -0.39 is 5.97 Å². The van der Waals surface area contributed by atoms with Crippen molar-refractivity contribution in [1.29, 1.82) is 0 Å². The van der Waals surface area contributed by atoms with Gasteiger partial charge in [-0.2, -0.15) is 0 Å². The molecule has 1 fully saturated rings. The molecule has 0 saturated heterocycles. The number of esters is 4. The zero-order valence-electron chi connectivity index (χ0n) is 32.0. The Labute approximate surface area is 321 Å². The van der Waals surface area contributed by atoms with Crippen molar-refractivity contribution in [2.24, 2.45) is 5.92 Å². The molecule has 0 heterocycles. The summed E-state index contributed by atoms with van der Waals surface area (Å²) in [5, 5.41) is 0. The number of hydrogen-bond donors (Lipinski definition) is 0. The number of rotatable bonds is 28. The summed E-state index contributed by atoms with van der Waals surface area (Å²) in [4.78, 5) is 47.6. The summed E-state index contributed by atoms with van der Waals surface area (Å²) in [6.07, 6.45) is 20.7. The van der Waals surface area contributed by atoms with Crippen LogP contribution in [0.2, 0.25) is 0 Å². The number of ether oxygens (including phenoxy) is 6. The van der Waals surface area contributed by atoms with E-state index in [2.05, 4.69) is 13.2 Å². The predicted molar refractivity (Wildman–Crippen MR) is 208 cm³/mol. The van der Waals surface area contributed by atoms with Gasteiger partial charge in [-0.25, -0.2) is 14.4 Å². The van der Waals surface area contributed by atoms with Gasteiger partial charge >= 0.3 is 23.9 Å². The van der Waals surface area contributed by atoms with Gasteiger partial charge in [-0.3, -0.25) is 4.79 Å². The molecule has 10 heteroatoms. The van der Waals surface area contributed by atoms with E-state index in [1.165, 1.54) is 25.0 Å². The summed E-state index contributed by atoms with van der Waals surface area (Å²) < 4.78 is 33.0. The van der Waals surface area contributed by atoms with Crippen LogP contribution in [0, 0.1) is 5.92 Å². The number of hydrogen-bond acceptors (Lipinski definition) is 10. The lowest BCUT2D eigenvalue weighted by molar-refractivity contribution is -0.141. The Morgan fingerprint density at radius 1 is 0.519 bits per heavy atom. The van der Waals surface area contributed by atoms with Crippen LogP contribution in [-0.4, -0.2) is 56.4 Å². The van der Waals surface area contributed by atoms with Gasteiger partial charge in [0.1, 0.15) is 17.2 Å². The van der Waals surface area contributed by atoms with Crippen molar-refractivity contribution in [3.05, 3.63) is 79.4 Å². The van der Waals surface area contributed by atoms with Crippen LogP contribution in [0.4, 0.5) is 0 Å². The third-order valence-electron chi connectivity index (χ3n) is 9.37. The van der Waals surface area contributed by atoms with E-state index in [0.717, 1.165) is 109 Å². The van der Waals surface area contributed by atoms with Crippen LogP contribution < -0.4 is 14.2 Å². The van der Waals surface area contributed by atoms with Gasteiger partial charge in [0.2, 0.25) is 0 Å². The van der Waals surface area contributed by atoms with Crippen LogP contribution in [0.5, 0.6) is 17.2 Å². The molecule has 10 nitrogen and oxygen atoms in total. The second-order valence-electron chi connectivity index (χ2n) is 13.7. The van der Waals surface area contributed by atoms with Crippen LogP contribution in [0.25, 0.3) is 0 Å². The molecule has 0 radical (unpaired) electrons. The summed E-state index contributed by atoms with van der Waals surface area (Å²) in [6.45, 7) is 9.05. The Morgan fingerprint density at radius 3 is 1.46 bits per heavy atom. The molecule has 3 rings (SSSR count). The second kappa shape index (κ2) is 27.2. The highest BCUT2D eigenvalue weighted by atomic mass is 16.5. The van der Waals surface area contributed by atoms with Crippen molar-refractivity contribution in [1.82, 2.24) is 0 Å². The first kappa shape index (κ1) is 44.0. The van der Waals surface area contributed by atoms with Crippen LogP contribution in [0.1, 0.15) is 126 Å². The molecule has 1 aliphatic rings. The molecule has 1 aliphatic carbocycles. The normalized spacial score (nSPS) is 15.1. The lowest BCUT2D eigenvalue weighted by Gasteiger charge is -2.27. The van der Waals surface area contributed by atoms with Gasteiger partial charge in [0.05, 0.1) is 37.4 Å². The summed E-state index contributed by atoms with van der Waals surface area (Å²) in [5.41, 5.74) is 0.354. The Hall–Kier alpha value is -4.44. The summed E-state index contributed by atoms with van der Waals surface area (Å²) >= 11 is 0. The van der Waals surface area contributed by atoms with E-state index in [1.807, 2.05) is 0 Å². The zero-order valence-corrected chi connectivity index (χ0v) is 32.0. The van der Waals surface area contributed by atoms with E-state index in [1.54, 1.807) is 48.5 Å². The topological polar surface area (TPSA) is 124 Å². The molecule has 0 aliphatic heterocycles. The summed E-state index contributed by atoms with van der Waals surface area (Å²) in [6, 6.07) is 13.4. The first-order valence-electron chi connectivity index (χ1n) is 19.8. The van der Waals surface area contributed by atoms with Crippen LogP contribution in [0.15, 0.2) is 73.8 Å². The fourth-order valence-corrected chi connectivity index (χ4v) is 6.17. The van der Waals surface area contributed by atoms with Gasteiger partial charge < -0.3 is 28.4 Å². The van der Waals surface area contributed by atoms with Crippen molar-refractivity contribution < 1.29 is 47.6 Å². The van der Waals surface area contributed by atoms with Gasteiger partial charge in [0.25, 0.3) is 0 Å². The lowest BCUT2D eigenvalue weighted by Crippen LogP contribution is -2.29. The highest BCUT2D eigenvalue weighted by molar-refractivity contribution is 5.91. The smallest absolute Gasteiger partial charge is 0.343 e. The number of carbonyl (C=O) groups is 4. The molecule has 54 heavy (non-hydrogen) atoms. The molecule has 2 aromatic carbocycles. The molecule has 296 valence electrons. The fraction of sp³-hybridized carbons (Fsp3) is 0.545. The minimum absolute atomic E-state index is 0.161. The average Bonchev–Trinajstić information content (AvgIpc) is 3.19. The Morgan fingerprint density at radius 2 is 0.944 bits per heavy atom. The monoisotopic (exact) mass is 748 g/mol. The SMILES string of the molecule is C=CC(=O)OCCCCCCCCCOc1ccc(OC(=O)c2ccc(OC(=O)C3CCC(OCCCCCCCCCOC(=O)C=C)CC3)cc2)cc1. The van der Waals surface area contributed by atoms with Crippen molar-refractivity contribution in [3.8, 4) is 17.2 Å². The maximum atomic E-state index is 12.8. The lowest BCUT2D eigenvalue weighted by atomic mass is 9.87. The van der Waals surface area contributed by atoms with Crippen LogP contribution in [0.3, 0.4) is 0 Å². The second-order valence-corrected chi connectivity index (χ2v) is 13.7. The highest BCUT2D eigenvalue weighted by Crippen LogP contribution is 2.28. The maximum absolute atomic E-state index is 12.8. The first-order valence-corrected chi connectivity index (χ1v) is 19.8. The molecule has 0 N–H and O–H groups in total. The van der Waals surface area contributed by atoms with Crippen molar-refractivity contribution in [3.63, 3.8) is 0 Å². The molecule has 2 aromatic rings. The van der Waals surface area contributed by atoms with Crippen molar-refractivity contribution in [2.45, 2.75) is 122 Å². The number of carbonyl (C=O) groups excluding carboxylic acids is 4. The molecule has 0 spiro atoms. The Bertz CT molecular complexity index is 1390. The Balaban J connectivity index is 1.20. The van der Waals surface area contributed by atoms with Gasteiger partial charge in [-0.15, -0.1) is 0 Å². The van der Waals surface area contributed by atoms with E-state index in [9.17, 15) is 19.2 Å². The van der Waals surface area contributed by atoms with E-state index in [0.29, 0.717) is 42.6 Å². The molecule has 0 amide bonds. The molecular formula is C44H60O10. The summed E-state index contributed by atoms with van der Waals surface area (Å²) in [7, 11) is 0. The minimum Gasteiger partial charge on any atom is -0.494 e. The summed E-state index contributed by atoms with van der Waals surface area (Å²) in [5.74, 6) is -0.104. The highest BCUT2D eigenvalue weighted by Gasteiger charge is 2.28. The molecular weight excluding hydrogens is 688 g/mol. The maximum Gasteiger partial charge on any atom is 0.343 e. The van der Waals surface area contributed by atoms with Gasteiger partial charge in [-0.1, -0.05) is 77.4 Å².